The number of benzene rings is 1. The Hall–Kier alpha value is -3.40. The van der Waals surface area contributed by atoms with E-state index in [-0.39, 0.29) is 11.7 Å². The highest BCUT2D eigenvalue weighted by Gasteiger charge is 2.24. The van der Waals surface area contributed by atoms with Gasteiger partial charge in [-0.15, -0.1) is 0 Å². The number of hydrogen-bond acceptors (Lipinski definition) is 5. The predicted molar refractivity (Wildman–Crippen MR) is 77.8 cm³/mol. The number of nitro groups is 1. The SMILES string of the molecule is Cc1cc(C#N)ccc1Oc1nc2ccccn2c1[N+](=O)[O-]. The lowest BCUT2D eigenvalue weighted by atomic mass is 10.1. The Balaban J connectivity index is 2.09. The van der Waals surface area contributed by atoms with Crippen LogP contribution in [-0.4, -0.2) is 14.3 Å². The van der Waals surface area contributed by atoms with Crippen molar-refractivity contribution in [1.29, 1.82) is 5.26 Å². The van der Waals surface area contributed by atoms with Crippen LogP contribution in [0.1, 0.15) is 11.1 Å². The average molecular weight is 294 g/mol. The molecular weight excluding hydrogens is 284 g/mol. The molecule has 108 valence electrons. The Labute approximate surface area is 125 Å². The molecule has 0 unspecified atom stereocenters. The first-order valence-corrected chi connectivity index (χ1v) is 6.40. The molecular formula is C15H10N4O3. The average Bonchev–Trinajstić information content (AvgIpc) is 2.87. The third kappa shape index (κ3) is 2.23. The molecule has 7 nitrogen and oxygen atoms in total. The predicted octanol–water partition coefficient (Wildman–Crippen LogP) is 3.21. The zero-order valence-electron chi connectivity index (χ0n) is 11.6. The van der Waals surface area contributed by atoms with Crippen LogP contribution in [-0.2, 0) is 0 Å². The van der Waals surface area contributed by atoms with Gasteiger partial charge in [0.1, 0.15) is 5.75 Å². The summed E-state index contributed by atoms with van der Waals surface area (Å²) in [5, 5.41) is 20.2. The minimum atomic E-state index is -0.533. The number of pyridine rings is 1. The number of nitriles is 1. The van der Waals surface area contributed by atoms with Crippen LogP contribution >= 0.6 is 0 Å². The molecule has 0 spiro atoms. The van der Waals surface area contributed by atoms with Gasteiger partial charge in [0.15, 0.2) is 0 Å². The van der Waals surface area contributed by atoms with Crippen LogP contribution in [0.15, 0.2) is 42.6 Å². The molecule has 0 radical (unpaired) electrons. The van der Waals surface area contributed by atoms with Crippen molar-refractivity contribution in [2.45, 2.75) is 6.92 Å². The summed E-state index contributed by atoms with van der Waals surface area (Å²) in [6.45, 7) is 1.76. The molecule has 0 atom stereocenters. The van der Waals surface area contributed by atoms with Crippen molar-refractivity contribution in [3.05, 3.63) is 63.8 Å². The van der Waals surface area contributed by atoms with E-state index in [1.54, 1.807) is 49.5 Å². The normalized spacial score (nSPS) is 10.4. The zero-order valence-corrected chi connectivity index (χ0v) is 11.6. The van der Waals surface area contributed by atoms with Crippen molar-refractivity contribution in [2.24, 2.45) is 0 Å². The monoisotopic (exact) mass is 294 g/mol. The van der Waals surface area contributed by atoms with Crippen molar-refractivity contribution in [2.75, 3.05) is 0 Å². The molecule has 3 aromatic rings. The number of rotatable bonds is 3. The minimum Gasteiger partial charge on any atom is -0.432 e. The molecule has 7 heteroatoms. The van der Waals surface area contributed by atoms with Crippen molar-refractivity contribution in [1.82, 2.24) is 9.38 Å². The van der Waals surface area contributed by atoms with E-state index in [0.717, 1.165) is 0 Å². The Bertz CT molecular complexity index is 924. The van der Waals surface area contributed by atoms with Gasteiger partial charge >= 0.3 is 11.7 Å². The molecule has 0 amide bonds. The number of ether oxygens (including phenoxy) is 1. The molecule has 2 aromatic heterocycles. The van der Waals surface area contributed by atoms with Gasteiger partial charge in [0, 0.05) is 6.07 Å². The van der Waals surface area contributed by atoms with E-state index in [9.17, 15) is 10.1 Å². The fraction of sp³-hybridized carbons (Fsp3) is 0.0667. The van der Waals surface area contributed by atoms with E-state index >= 15 is 0 Å². The lowest BCUT2D eigenvalue weighted by molar-refractivity contribution is -0.391. The van der Waals surface area contributed by atoms with E-state index in [2.05, 4.69) is 4.98 Å². The van der Waals surface area contributed by atoms with Gasteiger partial charge in [-0.05, 0) is 41.7 Å². The third-order valence-corrected chi connectivity index (χ3v) is 3.16. The molecule has 2 heterocycles. The number of hydrogen-bond donors (Lipinski definition) is 0. The second-order valence-electron chi connectivity index (χ2n) is 4.62. The van der Waals surface area contributed by atoms with Gasteiger partial charge in [-0.3, -0.25) is 0 Å². The van der Waals surface area contributed by atoms with Crippen LogP contribution in [0.4, 0.5) is 5.82 Å². The smallest absolute Gasteiger partial charge is 0.392 e. The van der Waals surface area contributed by atoms with Crippen LogP contribution in [0.2, 0.25) is 0 Å². The van der Waals surface area contributed by atoms with Gasteiger partial charge in [0.25, 0.3) is 0 Å². The molecule has 1 aromatic carbocycles. The number of aromatic nitrogens is 2. The Kier molecular flexibility index (Phi) is 3.20. The van der Waals surface area contributed by atoms with Gasteiger partial charge in [-0.2, -0.15) is 14.6 Å². The summed E-state index contributed by atoms with van der Waals surface area (Å²) >= 11 is 0. The van der Waals surface area contributed by atoms with Gasteiger partial charge in [-0.25, -0.2) is 0 Å². The minimum absolute atomic E-state index is 0.0796. The summed E-state index contributed by atoms with van der Waals surface area (Å²) in [4.78, 5) is 14.9. The summed E-state index contributed by atoms with van der Waals surface area (Å²) in [7, 11) is 0. The summed E-state index contributed by atoms with van der Waals surface area (Å²) in [5.41, 5.74) is 1.62. The van der Waals surface area contributed by atoms with Crippen molar-refractivity contribution >= 4 is 11.5 Å². The molecule has 3 rings (SSSR count). The fourth-order valence-corrected chi connectivity index (χ4v) is 2.13. The molecule has 0 aliphatic rings. The van der Waals surface area contributed by atoms with Crippen molar-refractivity contribution < 1.29 is 9.66 Å². The summed E-state index contributed by atoms with van der Waals surface area (Å²) < 4.78 is 6.96. The highest BCUT2D eigenvalue weighted by atomic mass is 16.6. The fourth-order valence-electron chi connectivity index (χ4n) is 2.13. The highest BCUT2D eigenvalue weighted by Crippen LogP contribution is 2.33. The van der Waals surface area contributed by atoms with Crippen LogP contribution in [0.3, 0.4) is 0 Å². The molecule has 22 heavy (non-hydrogen) atoms. The standard InChI is InChI=1S/C15H10N4O3/c1-10-8-11(9-16)5-6-12(10)22-14-15(19(20)21)18-7-3-2-4-13(18)17-14/h2-8H,1H3. The Morgan fingerprint density at radius 1 is 1.36 bits per heavy atom. The maximum atomic E-state index is 11.3. The van der Waals surface area contributed by atoms with Gasteiger partial charge in [-0.1, -0.05) is 6.07 Å². The lowest BCUT2D eigenvalue weighted by Crippen LogP contribution is -1.96. The van der Waals surface area contributed by atoms with E-state index in [1.807, 2.05) is 6.07 Å². The van der Waals surface area contributed by atoms with Crippen molar-refractivity contribution in [3.63, 3.8) is 0 Å². The van der Waals surface area contributed by atoms with Crippen LogP contribution in [0, 0.1) is 28.4 Å². The topological polar surface area (TPSA) is 93.5 Å². The van der Waals surface area contributed by atoms with E-state index < -0.39 is 4.92 Å². The lowest BCUT2D eigenvalue weighted by Gasteiger charge is -2.06. The van der Waals surface area contributed by atoms with Crippen molar-refractivity contribution in [3.8, 4) is 17.7 Å². The second-order valence-corrected chi connectivity index (χ2v) is 4.62. The van der Waals surface area contributed by atoms with Gasteiger partial charge < -0.3 is 14.9 Å². The maximum absolute atomic E-state index is 11.3. The van der Waals surface area contributed by atoms with Gasteiger partial charge in [0.2, 0.25) is 5.65 Å². The molecule has 0 saturated heterocycles. The number of aryl methyl sites for hydroxylation is 1. The summed E-state index contributed by atoms with van der Waals surface area (Å²) in [6.07, 6.45) is 1.55. The molecule has 0 saturated carbocycles. The Morgan fingerprint density at radius 2 is 2.18 bits per heavy atom. The van der Waals surface area contributed by atoms with Crippen LogP contribution in [0.5, 0.6) is 11.6 Å². The first-order chi connectivity index (χ1) is 10.6. The first kappa shape index (κ1) is 13.6. The van der Waals surface area contributed by atoms with Gasteiger partial charge in [0.05, 0.1) is 17.8 Å². The highest BCUT2D eigenvalue weighted by molar-refractivity contribution is 5.54. The van der Waals surface area contributed by atoms with E-state index in [0.29, 0.717) is 22.5 Å². The van der Waals surface area contributed by atoms with Crippen LogP contribution in [0.25, 0.3) is 5.65 Å². The largest absolute Gasteiger partial charge is 0.432 e. The quantitative estimate of drug-likeness (QED) is 0.546. The second kappa shape index (κ2) is 5.18. The number of imidazole rings is 1. The first-order valence-electron chi connectivity index (χ1n) is 6.40. The van der Waals surface area contributed by atoms with E-state index in [1.165, 1.54) is 4.40 Å². The molecule has 0 fully saturated rings. The van der Waals surface area contributed by atoms with Crippen LogP contribution < -0.4 is 4.74 Å². The Morgan fingerprint density at radius 3 is 2.86 bits per heavy atom. The molecule has 0 N–H and O–H groups in total. The maximum Gasteiger partial charge on any atom is 0.392 e. The third-order valence-electron chi connectivity index (χ3n) is 3.16. The number of fused-ring (bicyclic) bond motifs is 1. The molecule has 0 aliphatic carbocycles. The summed E-state index contributed by atoms with van der Waals surface area (Å²) in [6, 6.07) is 11.9. The summed E-state index contributed by atoms with van der Waals surface area (Å²) in [5.74, 6) is 0.105. The number of nitrogens with zero attached hydrogens (tertiary/aromatic N) is 4. The molecule has 0 bridgehead atoms. The molecule has 0 aliphatic heterocycles. The van der Waals surface area contributed by atoms with E-state index in [4.69, 9.17) is 10.00 Å². The zero-order chi connectivity index (χ0) is 15.7.